The van der Waals surface area contributed by atoms with Gasteiger partial charge in [0.15, 0.2) is 0 Å². The Morgan fingerprint density at radius 1 is 0.739 bits per heavy atom. The van der Waals surface area contributed by atoms with E-state index in [1.807, 2.05) is 18.2 Å². The fourth-order valence-electron chi connectivity index (χ4n) is 2.97. The molecule has 118 valence electrons. The number of fused-ring (bicyclic) bond motifs is 1. The summed E-state index contributed by atoms with van der Waals surface area (Å²) in [5.74, 6) is 6.39. The highest BCUT2D eigenvalue weighted by molar-refractivity contribution is 5.95. The Kier molecular flexibility index (Phi) is 4.49. The van der Waals surface area contributed by atoms with E-state index in [9.17, 15) is 0 Å². The van der Waals surface area contributed by atoms with Gasteiger partial charge in [-0.1, -0.05) is 36.4 Å². The molecule has 23 heavy (non-hydrogen) atoms. The molecule has 3 aromatic carbocycles. The predicted molar refractivity (Wildman–Crippen MR) is 100 cm³/mol. The van der Waals surface area contributed by atoms with Crippen LogP contribution in [0.3, 0.4) is 0 Å². The Morgan fingerprint density at radius 2 is 1.35 bits per heavy atom. The summed E-state index contributed by atoms with van der Waals surface area (Å²) in [5.41, 5.74) is 3.22. The van der Waals surface area contributed by atoms with Crippen LogP contribution in [0.15, 0.2) is 66.7 Å². The molecule has 3 heteroatoms. The number of nitrogens with two attached hydrogens (primary N) is 1. The van der Waals surface area contributed by atoms with Gasteiger partial charge in [-0.05, 0) is 49.6 Å². The zero-order valence-corrected chi connectivity index (χ0v) is 13.7. The van der Waals surface area contributed by atoms with Crippen molar-refractivity contribution in [3.63, 3.8) is 0 Å². The molecule has 0 heterocycles. The van der Waals surface area contributed by atoms with Gasteiger partial charge in [0, 0.05) is 24.2 Å². The van der Waals surface area contributed by atoms with Gasteiger partial charge in [-0.15, -0.1) is 0 Å². The number of hydrogen-bond acceptors (Lipinski definition) is 3. The number of benzene rings is 3. The highest BCUT2D eigenvalue weighted by Crippen LogP contribution is 2.30. The monoisotopic (exact) mass is 305 g/mol. The van der Waals surface area contributed by atoms with Crippen LogP contribution in [0.5, 0.6) is 0 Å². The first kappa shape index (κ1) is 15.4. The minimum Gasteiger partial charge on any atom is -0.372 e. The van der Waals surface area contributed by atoms with Gasteiger partial charge in [0.05, 0.1) is 11.4 Å². The van der Waals surface area contributed by atoms with Crippen molar-refractivity contribution in [1.82, 2.24) is 0 Å². The maximum atomic E-state index is 6.39. The maximum absolute atomic E-state index is 6.39. The summed E-state index contributed by atoms with van der Waals surface area (Å²) in [7, 11) is 0. The Labute approximate surface area is 137 Å². The standard InChI is InChI=1S/C20H23N3/c1-3-22(4-2)17-12-14-18(15-13-17)23(21)20-11-7-9-16-8-5-6-10-19(16)20/h5-15H,3-4,21H2,1-2H3. The van der Waals surface area contributed by atoms with Crippen molar-refractivity contribution in [3.8, 4) is 0 Å². The second kappa shape index (κ2) is 6.71. The zero-order chi connectivity index (χ0) is 16.2. The van der Waals surface area contributed by atoms with Crippen molar-refractivity contribution in [1.29, 1.82) is 0 Å². The second-order valence-electron chi connectivity index (χ2n) is 5.56. The first-order valence-electron chi connectivity index (χ1n) is 8.12. The molecule has 0 bridgehead atoms. The highest BCUT2D eigenvalue weighted by Gasteiger charge is 2.09. The lowest BCUT2D eigenvalue weighted by Crippen LogP contribution is -2.25. The van der Waals surface area contributed by atoms with E-state index in [2.05, 4.69) is 67.3 Å². The molecule has 2 N–H and O–H groups in total. The Balaban J connectivity index is 1.95. The van der Waals surface area contributed by atoms with Gasteiger partial charge < -0.3 is 4.90 Å². The number of anilines is 3. The van der Waals surface area contributed by atoms with E-state index in [1.54, 1.807) is 5.01 Å². The molecule has 0 amide bonds. The van der Waals surface area contributed by atoms with Gasteiger partial charge in [-0.25, -0.2) is 5.84 Å². The van der Waals surface area contributed by atoms with Crippen molar-refractivity contribution >= 4 is 27.8 Å². The van der Waals surface area contributed by atoms with Crippen LogP contribution in [0, 0.1) is 0 Å². The molecule has 0 fully saturated rings. The van der Waals surface area contributed by atoms with E-state index < -0.39 is 0 Å². The Morgan fingerprint density at radius 3 is 2.04 bits per heavy atom. The molecule has 0 unspecified atom stereocenters. The second-order valence-corrected chi connectivity index (χ2v) is 5.56. The average Bonchev–Trinajstić information content (AvgIpc) is 2.62. The minimum absolute atomic E-state index is 0.984. The third-order valence-electron chi connectivity index (χ3n) is 4.28. The van der Waals surface area contributed by atoms with E-state index in [-0.39, 0.29) is 0 Å². The van der Waals surface area contributed by atoms with E-state index in [4.69, 9.17) is 5.84 Å². The molecule has 0 saturated heterocycles. The van der Waals surface area contributed by atoms with Gasteiger partial charge in [-0.2, -0.15) is 0 Å². The molecular weight excluding hydrogens is 282 g/mol. The van der Waals surface area contributed by atoms with Crippen LogP contribution in [-0.2, 0) is 0 Å². The lowest BCUT2D eigenvalue weighted by atomic mass is 10.1. The third-order valence-corrected chi connectivity index (χ3v) is 4.28. The number of nitrogens with zero attached hydrogens (tertiary/aromatic N) is 2. The summed E-state index contributed by atoms with van der Waals surface area (Å²) in [6.45, 7) is 6.35. The molecule has 3 rings (SSSR count). The number of rotatable bonds is 5. The van der Waals surface area contributed by atoms with Crippen LogP contribution in [0.2, 0.25) is 0 Å². The molecule has 0 aromatic heterocycles. The van der Waals surface area contributed by atoms with Crippen molar-refractivity contribution in [2.24, 2.45) is 5.84 Å². The summed E-state index contributed by atoms with van der Waals surface area (Å²) in [6.07, 6.45) is 0. The average molecular weight is 305 g/mol. The van der Waals surface area contributed by atoms with Crippen LogP contribution >= 0.6 is 0 Å². The van der Waals surface area contributed by atoms with Gasteiger partial charge in [-0.3, -0.25) is 5.01 Å². The highest BCUT2D eigenvalue weighted by atomic mass is 15.4. The fourth-order valence-corrected chi connectivity index (χ4v) is 2.97. The number of hydrogen-bond donors (Lipinski definition) is 1. The van der Waals surface area contributed by atoms with E-state index in [0.717, 1.165) is 29.9 Å². The SMILES string of the molecule is CCN(CC)c1ccc(N(N)c2cccc3ccccc23)cc1. The summed E-state index contributed by atoms with van der Waals surface area (Å²) in [6, 6.07) is 22.9. The van der Waals surface area contributed by atoms with Gasteiger partial charge in [0.2, 0.25) is 0 Å². The largest absolute Gasteiger partial charge is 0.372 e. The van der Waals surface area contributed by atoms with Gasteiger partial charge in [0.25, 0.3) is 0 Å². The summed E-state index contributed by atoms with van der Waals surface area (Å²) >= 11 is 0. The smallest absolute Gasteiger partial charge is 0.0653 e. The third kappa shape index (κ3) is 3.01. The van der Waals surface area contributed by atoms with E-state index in [1.165, 1.54) is 11.1 Å². The quantitative estimate of drug-likeness (QED) is 0.548. The summed E-state index contributed by atoms with van der Waals surface area (Å²) in [4.78, 5) is 2.32. The topological polar surface area (TPSA) is 32.5 Å². The summed E-state index contributed by atoms with van der Waals surface area (Å²) in [5, 5.41) is 4.11. The van der Waals surface area contributed by atoms with Gasteiger partial charge in [0.1, 0.15) is 0 Å². The Hall–Kier alpha value is -2.52. The normalized spacial score (nSPS) is 10.7. The molecular formula is C20H23N3. The van der Waals surface area contributed by atoms with E-state index in [0.29, 0.717) is 0 Å². The molecule has 3 aromatic rings. The minimum atomic E-state index is 0.984. The van der Waals surface area contributed by atoms with Gasteiger partial charge >= 0.3 is 0 Å². The first-order chi connectivity index (χ1) is 11.2. The first-order valence-corrected chi connectivity index (χ1v) is 8.12. The van der Waals surface area contributed by atoms with Crippen molar-refractivity contribution in [3.05, 3.63) is 66.7 Å². The van der Waals surface area contributed by atoms with Crippen LogP contribution in [-0.4, -0.2) is 13.1 Å². The van der Waals surface area contributed by atoms with E-state index >= 15 is 0 Å². The molecule has 0 spiro atoms. The number of hydrazine groups is 1. The lowest BCUT2D eigenvalue weighted by molar-refractivity contribution is 0.866. The van der Waals surface area contributed by atoms with Crippen molar-refractivity contribution < 1.29 is 0 Å². The molecule has 0 aliphatic rings. The van der Waals surface area contributed by atoms with Crippen LogP contribution in [0.4, 0.5) is 17.1 Å². The van der Waals surface area contributed by atoms with Crippen molar-refractivity contribution in [2.75, 3.05) is 23.0 Å². The summed E-state index contributed by atoms with van der Waals surface area (Å²) < 4.78 is 0. The molecule has 0 radical (unpaired) electrons. The van der Waals surface area contributed by atoms with Crippen LogP contribution in [0.25, 0.3) is 10.8 Å². The molecule has 3 nitrogen and oxygen atoms in total. The van der Waals surface area contributed by atoms with Crippen LogP contribution < -0.4 is 15.8 Å². The molecule has 0 atom stereocenters. The van der Waals surface area contributed by atoms with Crippen LogP contribution in [0.1, 0.15) is 13.8 Å². The molecule has 0 aliphatic carbocycles. The maximum Gasteiger partial charge on any atom is 0.0653 e. The zero-order valence-electron chi connectivity index (χ0n) is 13.7. The lowest BCUT2D eigenvalue weighted by Gasteiger charge is -2.24. The fraction of sp³-hybridized carbons (Fsp3) is 0.200. The molecule has 0 aliphatic heterocycles. The van der Waals surface area contributed by atoms with Crippen molar-refractivity contribution in [2.45, 2.75) is 13.8 Å². The Bertz CT molecular complexity index is 771. The predicted octanol–water partition coefficient (Wildman–Crippen LogP) is 4.70. The molecule has 0 saturated carbocycles.